The third kappa shape index (κ3) is 115. The molecule has 0 aromatic heterocycles. The van der Waals surface area contributed by atoms with Gasteiger partial charge in [-0.3, -0.25) is 18.7 Å². The molecular weight excluding hydrogens is 182 g/mol. The van der Waals surface area contributed by atoms with E-state index in [9.17, 15) is 0 Å². The third-order valence-corrected chi connectivity index (χ3v) is 0.0556. The molecule has 10 heavy (non-hydrogen) atoms. The fourth-order valence-corrected chi connectivity index (χ4v) is 0. The van der Waals surface area contributed by atoms with Crippen molar-refractivity contribution < 1.29 is 84.9 Å². The summed E-state index contributed by atoms with van der Waals surface area (Å²) in [6.07, 6.45) is 0.389. The van der Waals surface area contributed by atoms with E-state index in [1.807, 2.05) is 0 Å². The molecule has 0 heterocycles. The van der Waals surface area contributed by atoms with Crippen molar-refractivity contribution in [3.8, 4) is 0 Å². The van der Waals surface area contributed by atoms with Crippen LogP contribution in [0.1, 0.15) is 2.85 Å². The molecule has 0 fully saturated rings. The first-order valence-electron chi connectivity index (χ1n) is 1.34. The van der Waals surface area contributed by atoms with E-state index >= 15 is 0 Å². The van der Waals surface area contributed by atoms with E-state index in [1.54, 1.807) is 0 Å². The molecule has 0 saturated carbocycles. The average molecular weight is 188 g/mol. The average Bonchev–Trinajstić information content (AvgIpc) is 1.65. The van der Waals surface area contributed by atoms with Crippen molar-refractivity contribution in [2.75, 3.05) is 0 Å². The standard InChI is InChI=1S/C2H2O2.2Na.H2O3S.2H/c3-1-2-4;;;1-4(2)3;;/h1-2H;;;(H2,1,2,3);;/q;2*+1;;2*-1. The van der Waals surface area contributed by atoms with E-state index in [1.165, 1.54) is 0 Å². The second-order valence-electron chi connectivity index (χ2n) is 0.503. The van der Waals surface area contributed by atoms with Gasteiger partial charge in [-0.1, -0.05) is 0 Å². The number of aldehydes is 2. The zero-order chi connectivity index (χ0) is 6.99. The molecule has 0 aliphatic rings. The van der Waals surface area contributed by atoms with Gasteiger partial charge in [-0.15, -0.1) is 0 Å². The predicted octanol–water partition coefficient (Wildman–Crippen LogP) is -6.70. The summed E-state index contributed by atoms with van der Waals surface area (Å²) in [6.45, 7) is 0. The second-order valence-corrected chi connectivity index (χ2v) is 0.964. The minimum absolute atomic E-state index is 0. The minimum Gasteiger partial charge on any atom is -1.00 e. The van der Waals surface area contributed by atoms with Crippen LogP contribution in [0.3, 0.4) is 0 Å². The van der Waals surface area contributed by atoms with Crippen LogP contribution in [0.15, 0.2) is 0 Å². The van der Waals surface area contributed by atoms with Gasteiger partial charge in [0.1, 0.15) is 0 Å². The summed E-state index contributed by atoms with van der Waals surface area (Å²) in [5.41, 5.74) is 0. The maximum absolute atomic E-state index is 8.81. The summed E-state index contributed by atoms with van der Waals surface area (Å²) in [6, 6.07) is 0. The van der Waals surface area contributed by atoms with Crippen LogP contribution >= 0.6 is 0 Å². The summed E-state index contributed by atoms with van der Waals surface area (Å²) < 4.78 is 22.8. The maximum Gasteiger partial charge on any atom is 1.00 e. The van der Waals surface area contributed by atoms with Gasteiger partial charge in [0.15, 0.2) is 12.6 Å². The molecule has 52 valence electrons. The van der Waals surface area contributed by atoms with Gasteiger partial charge < -0.3 is 2.85 Å². The SMILES string of the molecule is O=CC=O.O=S(O)O.[H-].[H-].[Na+].[Na+]. The quantitative estimate of drug-likeness (QED) is 0.185. The van der Waals surface area contributed by atoms with Crippen LogP contribution in [0.25, 0.3) is 0 Å². The molecule has 0 aromatic carbocycles. The van der Waals surface area contributed by atoms with E-state index in [0.717, 1.165) is 0 Å². The first-order valence-corrected chi connectivity index (χ1v) is 2.40. The molecule has 0 saturated heterocycles. The van der Waals surface area contributed by atoms with Crippen LogP contribution in [-0.4, -0.2) is 25.9 Å². The number of hydrogen-bond donors (Lipinski definition) is 2. The molecule has 0 bridgehead atoms. The van der Waals surface area contributed by atoms with Crippen LogP contribution < -0.4 is 59.1 Å². The Bertz CT molecular complexity index is 93.4. The van der Waals surface area contributed by atoms with Gasteiger partial charge in [-0.2, -0.15) is 4.21 Å². The maximum atomic E-state index is 8.81. The molecule has 0 aliphatic heterocycles. The molecule has 0 unspecified atom stereocenters. The van der Waals surface area contributed by atoms with Gasteiger partial charge in [0.05, 0.1) is 0 Å². The molecule has 0 amide bonds. The van der Waals surface area contributed by atoms with Crippen LogP contribution in [-0.2, 0) is 21.0 Å². The van der Waals surface area contributed by atoms with Gasteiger partial charge in [0.25, 0.3) is 11.4 Å². The predicted molar refractivity (Wildman–Crippen MR) is 27.8 cm³/mol. The molecule has 0 atom stereocenters. The van der Waals surface area contributed by atoms with Crippen molar-refractivity contribution in [3.05, 3.63) is 0 Å². The van der Waals surface area contributed by atoms with Crippen molar-refractivity contribution in [1.82, 2.24) is 0 Å². The molecular formula is C2H6Na2O5S. The normalized spacial score (nSPS) is 5.50. The largest absolute Gasteiger partial charge is 1.00 e. The van der Waals surface area contributed by atoms with Crippen LogP contribution in [0.2, 0.25) is 0 Å². The molecule has 0 spiro atoms. The van der Waals surface area contributed by atoms with Crippen LogP contribution in [0.5, 0.6) is 0 Å². The Morgan fingerprint density at radius 1 is 1.10 bits per heavy atom. The van der Waals surface area contributed by atoms with E-state index in [4.69, 9.17) is 22.9 Å². The smallest absolute Gasteiger partial charge is 1.00 e. The Morgan fingerprint density at radius 3 is 1.20 bits per heavy atom. The molecule has 0 aromatic rings. The van der Waals surface area contributed by atoms with Crippen molar-refractivity contribution in [2.24, 2.45) is 0 Å². The first kappa shape index (κ1) is 22.5. The van der Waals surface area contributed by atoms with Crippen LogP contribution in [0, 0.1) is 0 Å². The Labute approximate surface area is 108 Å². The minimum atomic E-state index is -2.61. The summed E-state index contributed by atoms with van der Waals surface area (Å²) in [7, 11) is 0. The summed E-state index contributed by atoms with van der Waals surface area (Å²) >= 11 is -2.61. The fourth-order valence-electron chi connectivity index (χ4n) is 0. The van der Waals surface area contributed by atoms with Gasteiger partial charge in [-0.25, -0.2) is 0 Å². The van der Waals surface area contributed by atoms with E-state index < -0.39 is 11.4 Å². The van der Waals surface area contributed by atoms with Gasteiger partial charge in [0, 0.05) is 0 Å². The van der Waals surface area contributed by atoms with Crippen molar-refractivity contribution in [2.45, 2.75) is 0 Å². The van der Waals surface area contributed by atoms with Gasteiger partial charge in [-0.05, 0) is 0 Å². The Kier molecular flexibility index (Phi) is 50.5. The zero-order valence-electron chi connectivity index (χ0n) is 7.68. The number of rotatable bonds is 1. The molecule has 5 nitrogen and oxygen atoms in total. The van der Waals surface area contributed by atoms with E-state index in [2.05, 4.69) is 0 Å². The Balaban J connectivity index is -0.0000000112. The number of hydrogen-bond acceptors (Lipinski definition) is 3. The monoisotopic (exact) mass is 188 g/mol. The fraction of sp³-hybridized carbons (Fsp3) is 0. The first-order chi connectivity index (χ1) is 3.65. The van der Waals surface area contributed by atoms with Crippen molar-refractivity contribution in [3.63, 3.8) is 0 Å². The topological polar surface area (TPSA) is 91.7 Å². The molecule has 0 rings (SSSR count). The zero-order valence-corrected chi connectivity index (χ0v) is 10.5. The summed E-state index contributed by atoms with van der Waals surface area (Å²) in [5.74, 6) is 0. The van der Waals surface area contributed by atoms with E-state index in [-0.39, 0.29) is 74.5 Å². The number of carbonyl (C=O) groups excluding carboxylic acids is 2. The number of carbonyl (C=O) groups is 2. The summed E-state index contributed by atoms with van der Waals surface area (Å²) in [5, 5.41) is 0. The second kappa shape index (κ2) is 22.4. The Hall–Kier alpha value is 1.41. The molecule has 2 N–H and O–H groups in total. The van der Waals surface area contributed by atoms with Gasteiger partial charge in [0.2, 0.25) is 0 Å². The van der Waals surface area contributed by atoms with E-state index in [0.29, 0.717) is 0 Å². The third-order valence-electron chi connectivity index (χ3n) is 0.0556. The van der Waals surface area contributed by atoms with Crippen molar-refractivity contribution >= 4 is 23.9 Å². The molecule has 0 radical (unpaired) electrons. The van der Waals surface area contributed by atoms with Gasteiger partial charge >= 0.3 is 59.1 Å². The van der Waals surface area contributed by atoms with Crippen LogP contribution in [0.4, 0.5) is 0 Å². The van der Waals surface area contributed by atoms with Crippen molar-refractivity contribution in [1.29, 1.82) is 0 Å². The Morgan fingerprint density at radius 2 is 1.20 bits per heavy atom. The molecule has 0 aliphatic carbocycles. The summed E-state index contributed by atoms with van der Waals surface area (Å²) in [4.78, 5) is 17.6. The molecule has 8 heteroatoms.